The van der Waals surface area contributed by atoms with Gasteiger partial charge in [-0.05, 0) is 37.8 Å². The van der Waals surface area contributed by atoms with Crippen LogP contribution in [0, 0.1) is 6.92 Å². The van der Waals surface area contributed by atoms with Crippen LogP contribution in [0.5, 0.6) is 0 Å². The number of para-hydroxylation sites is 1. The molecule has 1 aromatic carbocycles. The van der Waals surface area contributed by atoms with Crippen LogP contribution >= 0.6 is 24.0 Å². The van der Waals surface area contributed by atoms with E-state index in [0.717, 1.165) is 56.8 Å². The van der Waals surface area contributed by atoms with Crippen LogP contribution in [-0.4, -0.2) is 52.0 Å². The number of nitrogens with one attached hydrogen (secondary N) is 3. The molecule has 9 heteroatoms. The topological polar surface area (TPSA) is 92.2 Å². The van der Waals surface area contributed by atoms with E-state index in [1.165, 1.54) is 16.6 Å². The molecule has 30 heavy (non-hydrogen) atoms. The zero-order chi connectivity index (χ0) is 20.5. The molecule has 3 N–H and O–H groups in total. The van der Waals surface area contributed by atoms with Gasteiger partial charge in [-0.3, -0.25) is 0 Å². The minimum absolute atomic E-state index is 0. The van der Waals surface area contributed by atoms with Gasteiger partial charge >= 0.3 is 0 Å². The largest absolute Gasteiger partial charge is 0.382 e. The lowest BCUT2D eigenvalue weighted by Gasteiger charge is -2.12. The molecule has 0 saturated heterocycles. The van der Waals surface area contributed by atoms with Gasteiger partial charge in [-0.1, -0.05) is 18.2 Å². The molecule has 0 fully saturated rings. The van der Waals surface area contributed by atoms with E-state index < -0.39 is 0 Å². The average Bonchev–Trinajstić information content (AvgIpc) is 3.28. The number of rotatable bonds is 10. The number of aliphatic imine (C=N–C) groups is 1. The highest BCUT2D eigenvalue weighted by molar-refractivity contribution is 14.0. The first-order chi connectivity index (χ1) is 14.2. The van der Waals surface area contributed by atoms with E-state index >= 15 is 0 Å². The number of halogens is 1. The third-order valence-electron chi connectivity index (χ3n) is 4.80. The third kappa shape index (κ3) is 6.98. The van der Waals surface area contributed by atoms with Gasteiger partial charge in [-0.25, -0.2) is 4.99 Å². The van der Waals surface area contributed by atoms with Crippen molar-refractivity contribution in [1.82, 2.24) is 30.4 Å². The summed E-state index contributed by atoms with van der Waals surface area (Å²) < 4.78 is 7.36. The predicted molar refractivity (Wildman–Crippen MR) is 131 cm³/mol. The van der Waals surface area contributed by atoms with E-state index in [-0.39, 0.29) is 24.0 Å². The summed E-state index contributed by atoms with van der Waals surface area (Å²) in [5, 5.41) is 16.3. The molecular weight excluding hydrogens is 493 g/mol. The number of guanidine groups is 1. The summed E-state index contributed by atoms with van der Waals surface area (Å²) in [6.45, 7) is 7.49. The fraction of sp³-hybridized carbons (Fsp3) is 0.476. The number of H-pyrrole nitrogens is 1. The number of aromatic nitrogens is 4. The number of fused-ring (bicyclic) bond motifs is 1. The van der Waals surface area contributed by atoms with E-state index in [4.69, 9.17) is 4.74 Å². The van der Waals surface area contributed by atoms with Gasteiger partial charge in [0.05, 0.1) is 0 Å². The fourth-order valence-electron chi connectivity index (χ4n) is 3.02. The van der Waals surface area contributed by atoms with Crippen LogP contribution in [-0.2, 0) is 24.8 Å². The first kappa shape index (κ1) is 24.1. The van der Waals surface area contributed by atoms with Crippen LogP contribution in [0.1, 0.15) is 30.7 Å². The molecule has 2 heterocycles. The van der Waals surface area contributed by atoms with Crippen molar-refractivity contribution in [1.29, 1.82) is 0 Å². The second kappa shape index (κ2) is 12.5. The maximum atomic E-state index is 5.40. The normalized spacial score (nSPS) is 11.5. The van der Waals surface area contributed by atoms with Gasteiger partial charge in [-0.15, -0.1) is 34.2 Å². The highest BCUT2D eigenvalue weighted by atomic mass is 127. The molecule has 3 rings (SSSR count). The van der Waals surface area contributed by atoms with Gasteiger partial charge in [0.1, 0.15) is 12.4 Å². The quantitative estimate of drug-likeness (QED) is 0.164. The first-order valence-corrected chi connectivity index (χ1v) is 10.2. The molecule has 0 amide bonds. The van der Waals surface area contributed by atoms with Crippen molar-refractivity contribution in [3.05, 3.63) is 47.7 Å². The van der Waals surface area contributed by atoms with Crippen LogP contribution in [0.2, 0.25) is 0 Å². The molecule has 0 aliphatic rings. The Morgan fingerprint density at radius 2 is 2.00 bits per heavy atom. The summed E-state index contributed by atoms with van der Waals surface area (Å²) in [6, 6.07) is 10.5. The number of benzene rings is 1. The third-order valence-corrected chi connectivity index (χ3v) is 4.80. The molecule has 2 aromatic heterocycles. The first-order valence-electron chi connectivity index (χ1n) is 10.2. The summed E-state index contributed by atoms with van der Waals surface area (Å²) in [5.41, 5.74) is 2.38. The zero-order valence-corrected chi connectivity index (χ0v) is 20.3. The Hall–Kier alpha value is -2.14. The Labute approximate surface area is 194 Å². The van der Waals surface area contributed by atoms with Crippen molar-refractivity contribution in [3.63, 3.8) is 0 Å². The van der Waals surface area contributed by atoms with E-state index in [1.54, 1.807) is 0 Å². The van der Waals surface area contributed by atoms with Crippen LogP contribution in [0.15, 0.2) is 35.3 Å². The lowest BCUT2D eigenvalue weighted by atomic mass is 10.2. The van der Waals surface area contributed by atoms with Crippen LogP contribution < -0.4 is 10.6 Å². The van der Waals surface area contributed by atoms with Gasteiger partial charge in [0.25, 0.3) is 0 Å². The molecule has 0 aliphatic carbocycles. The molecule has 0 bridgehead atoms. The van der Waals surface area contributed by atoms with Crippen molar-refractivity contribution in [2.24, 2.45) is 12.0 Å². The molecule has 0 aliphatic heterocycles. The Morgan fingerprint density at radius 3 is 2.73 bits per heavy atom. The number of aryl methyl sites for hydroxylation is 1. The summed E-state index contributed by atoms with van der Waals surface area (Å²) in [5.74, 6) is 2.50. The Morgan fingerprint density at radius 1 is 1.20 bits per heavy atom. The number of aromatic amines is 1. The van der Waals surface area contributed by atoms with Crippen molar-refractivity contribution < 1.29 is 4.74 Å². The maximum absolute atomic E-state index is 5.40. The molecule has 0 spiro atoms. The molecule has 0 radical (unpaired) electrons. The van der Waals surface area contributed by atoms with E-state index in [9.17, 15) is 0 Å². The van der Waals surface area contributed by atoms with Crippen molar-refractivity contribution in [2.75, 3.05) is 26.3 Å². The van der Waals surface area contributed by atoms with Crippen LogP contribution in [0.25, 0.3) is 10.9 Å². The maximum Gasteiger partial charge on any atom is 0.191 e. The van der Waals surface area contributed by atoms with Gasteiger partial charge in [0.2, 0.25) is 0 Å². The summed E-state index contributed by atoms with van der Waals surface area (Å²) in [7, 11) is 1.96. The highest BCUT2D eigenvalue weighted by Gasteiger charge is 2.06. The van der Waals surface area contributed by atoms with Crippen molar-refractivity contribution in [2.45, 2.75) is 33.2 Å². The summed E-state index contributed by atoms with van der Waals surface area (Å²) in [6.07, 6.45) is 1.82. The molecule has 164 valence electrons. The second-order valence-electron chi connectivity index (χ2n) is 6.92. The van der Waals surface area contributed by atoms with Crippen molar-refractivity contribution in [3.8, 4) is 0 Å². The van der Waals surface area contributed by atoms with Crippen molar-refractivity contribution >= 4 is 40.8 Å². The van der Waals surface area contributed by atoms with E-state index in [1.807, 2.05) is 31.5 Å². The van der Waals surface area contributed by atoms with Crippen LogP contribution in [0.4, 0.5) is 0 Å². The van der Waals surface area contributed by atoms with Crippen LogP contribution in [0.3, 0.4) is 0 Å². The molecule has 3 aromatic rings. The number of hydrogen-bond acceptors (Lipinski definition) is 4. The minimum atomic E-state index is 0. The monoisotopic (exact) mass is 525 g/mol. The molecule has 0 atom stereocenters. The average molecular weight is 525 g/mol. The lowest BCUT2D eigenvalue weighted by molar-refractivity contribution is 0.145. The minimum Gasteiger partial charge on any atom is -0.382 e. The molecule has 0 saturated carbocycles. The van der Waals surface area contributed by atoms with Gasteiger partial charge in [0, 0.05) is 51.0 Å². The Balaban J connectivity index is 0.00000320. The zero-order valence-electron chi connectivity index (χ0n) is 17.9. The molecular formula is C21H32IN7O. The predicted octanol–water partition coefficient (Wildman–Crippen LogP) is 2.93. The van der Waals surface area contributed by atoms with Gasteiger partial charge < -0.3 is 24.9 Å². The number of ether oxygens (including phenoxy) is 1. The Bertz CT molecular complexity index is 901. The second-order valence-corrected chi connectivity index (χ2v) is 6.92. The van der Waals surface area contributed by atoms with E-state index in [2.05, 4.69) is 55.1 Å². The number of hydrogen-bond donors (Lipinski definition) is 3. The summed E-state index contributed by atoms with van der Waals surface area (Å²) in [4.78, 5) is 8.15. The highest BCUT2D eigenvalue weighted by Crippen LogP contribution is 2.14. The fourth-order valence-corrected chi connectivity index (χ4v) is 3.02. The van der Waals surface area contributed by atoms with E-state index in [0.29, 0.717) is 6.54 Å². The van der Waals surface area contributed by atoms with Gasteiger partial charge in [-0.2, -0.15) is 0 Å². The molecule has 8 nitrogen and oxygen atoms in total. The smallest absolute Gasteiger partial charge is 0.191 e. The Kier molecular flexibility index (Phi) is 10.1. The molecule has 0 unspecified atom stereocenters. The lowest BCUT2D eigenvalue weighted by Crippen LogP contribution is -2.39. The standard InChI is InChI=1S/C21H31N7O.HI/c1-4-29-13-7-11-22-21(24-15-20-27-26-16(2)28(20)3)23-12-10-18-14-17-8-5-6-9-19(17)25-18;/h5-6,8-9,14,25H,4,7,10-13,15H2,1-3H3,(H2,22,23,24);1H. The van der Waals surface area contributed by atoms with Gasteiger partial charge in [0.15, 0.2) is 11.8 Å². The number of nitrogens with zero attached hydrogens (tertiary/aromatic N) is 4. The SMILES string of the molecule is CCOCCCNC(=NCc1nnc(C)n1C)NCCc1cc2ccccc2[nH]1.I. The summed E-state index contributed by atoms with van der Waals surface area (Å²) >= 11 is 0.